The Labute approximate surface area is 93.3 Å². The molecular weight excluding hydrogens is 209 g/mol. The van der Waals surface area contributed by atoms with E-state index in [0.717, 1.165) is 12.6 Å². The second kappa shape index (κ2) is 5.89. The van der Waals surface area contributed by atoms with Gasteiger partial charge >= 0.3 is 5.97 Å². The zero-order valence-electron chi connectivity index (χ0n) is 8.88. The summed E-state index contributed by atoms with van der Waals surface area (Å²) in [5.74, 6) is 3.70. The Balaban J connectivity index is 2.81. The summed E-state index contributed by atoms with van der Waals surface area (Å²) in [6, 6.07) is 3.70. The number of aromatic carboxylic acids is 1. The average molecular weight is 221 g/mol. The Kier molecular flexibility index (Phi) is 4.49. The average Bonchev–Trinajstić information content (AvgIpc) is 2.26. The number of nitrogens with one attached hydrogen (secondary N) is 1. The molecule has 0 atom stereocenters. The topological polar surface area (TPSA) is 49.3 Å². The van der Waals surface area contributed by atoms with Crippen molar-refractivity contribution in [1.29, 1.82) is 0 Å². The smallest absolute Gasteiger partial charge is 0.335 e. The van der Waals surface area contributed by atoms with Gasteiger partial charge in [-0.1, -0.05) is 11.8 Å². The molecule has 0 saturated carbocycles. The lowest BCUT2D eigenvalue weighted by Crippen LogP contribution is -2.05. The van der Waals surface area contributed by atoms with Gasteiger partial charge in [-0.15, -0.1) is 0 Å². The normalized spacial score (nSPS) is 9.38. The standard InChI is InChI=1S/C12H12FNO2/c1-14-7-3-2-4-9-5-6-10(12(15)16)8-11(9)13/h5-6,8,14H,3,7H2,1H3,(H,15,16). The highest BCUT2D eigenvalue weighted by Gasteiger charge is 2.06. The van der Waals surface area contributed by atoms with Crippen LogP contribution >= 0.6 is 0 Å². The maximum atomic E-state index is 13.3. The predicted octanol–water partition coefficient (Wildman–Crippen LogP) is 1.48. The second-order valence-corrected chi connectivity index (χ2v) is 3.16. The van der Waals surface area contributed by atoms with Gasteiger partial charge in [0.05, 0.1) is 11.1 Å². The second-order valence-electron chi connectivity index (χ2n) is 3.16. The van der Waals surface area contributed by atoms with E-state index in [1.165, 1.54) is 12.1 Å². The van der Waals surface area contributed by atoms with Crippen LogP contribution in [0.4, 0.5) is 4.39 Å². The van der Waals surface area contributed by atoms with Crippen molar-refractivity contribution in [1.82, 2.24) is 5.32 Å². The summed E-state index contributed by atoms with van der Waals surface area (Å²) in [7, 11) is 1.81. The van der Waals surface area contributed by atoms with Crippen LogP contribution in [-0.2, 0) is 0 Å². The van der Waals surface area contributed by atoms with Gasteiger partial charge in [0.2, 0.25) is 0 Å². The molecule has 0 aliphatic carbocycles. The van der Waals surface area contributed by atoms with Crippen LogP contribution in [0.1, 0.15) is 22.3 Å². The van der Waals surface area contributed by atoms with Gasteiger partial charge < -0.3 is 10.4 Å². The molecule has 0 saturated heterocycles. The molecule has 0 aliphatic rings. The SMILES string of the molecule is CNCCC#Cc1ccc(C(=O)O)cc1F. The minimum atomic E-state index is -1.14. The molecule has 1 aromatic rings. The summed E-state index contributed by atoms with van der Waals surface area (Å²) in [5, 5.41) is 11.6. The summed E-state index contributed by atoms with van der Waals surface area (Å²) < 4.78 is 13.3. The Bertz CT molecular complexity index is 446. The summed E-state index contributed by atoms with van der Waals surface area (Å²) in [6.07, 6.45) is 0.622. The van der Waals surface area contributed by atoms with Crippen LogP contribution in [0, 0.1) is 17.7 Å². The molecule has 1 aromatic carbocycles. The molecule has 0 bridgehead atoms. The van der Waals surface area contributed by atoms with E-state index in [4.69, 9.17) is 5.11 Å². The summed E-state index contributed by atoms with van der Waals surface area (Å²) >= 11 is 0. The molecular formula is C12H12FNO2. The van der Waals surface area contributed by atoms with E-state index in [-0.39, 0.29) is 11.1 Å². The number of halogens is 1. The minimum absolute atomic E-state index is 0.0710. The quantitative estimate of drug-likeness (QED) is 0.600. The zero-order valence-corrected chi connectivity index (χ0v) is 8.88. The predicted molar refractivity (Wildman–Crippen MR) is 58.8 cm³/mol. The lowest BCUT2D eigenvalue weighted by Gasteiger charge is -1.97. The van der Waals surface area contributed by atoms with E-state index in [9.17, 15) is 9.18 Å². The van der Waals surface area contributed by atoms with Gasteiger partial charge in [0.1, 0.15) is 5.82 Å². The first-order chi connectivity index (χ1) is 7.65. The van der Waals surface area contributed by atoms with Crippen LogP contribution in [0.25, 0.3) is 0 Å². The Morgan fingerprint density at radius 1 is 1.56 bits per heavy atom. The van der Waals surface area contributed by atoms with Crippen molar-refractivity contribution >= 4 is 5.97 Å². The number of hydrogen-bond donors (Lipinski definition) is 2. The first-order valence-corrected chi connectivity index (χ1v) is 4.81. The Hall–Kier alpha value is -1.86. The third kappa shape index (κ3) is 3.37. The first-order valence-electron chi connectivity index (χ1n) is 4.81. The van der Waals surface area contributed by atoms with Gasteiger partial charge in [-0.3, -0.25) is 0 Å². The molecule has 0 heterocycles. The van der Waals surface area contributed by atoms with Crippen molar-refractivity contribution in [2.75, 3.05) is 13.6 Å². The van der Waals surface area contributed by atoms with Crippen molar-refractivity contribution < 1.29 is 14.3 Å². The monoisotopic (exact) mass is 221 g/mol. The van der Waals surface area contributed by atoms with Crippen molar-refractivity contribution in [3.8, 4) is 11.8 Å². The molecule has 1 rings (SSSR count). The maximum Gasteiger partial charge on any atom is 0.335 e. The maximum absolute atomic E-state index is 13.3. The molecule has 0 fully saturated rings. The molecule has 0 unspecified atom stereocenters. The van der Waals surface area contributed by atoms with Crippen molar-refractivity contribution in [3.63, 3.8) is 0 Å². The minimum Gasteiger partial charge on any atom is -0.478 e. The molecule has 84 valence electrons. The molecule has 0 amide bonds. The third-order valence-electron chi connectivity index (χ3n) is 1.94. The highest BCUT2D eigenvalue weighted by molar-refractivity contribution is 5.87. The first kappa shape index (κ1) is 12.2. The summed E-state index contributed by atoms with van der Waals surface area (Å²) in [4.78, 5) is 10.6. The molecule has 0 spiro atoms. The van der Waals surface area contributed by atoms with E-state index in [0.29, 0.717) is 6.42 Å². The van der Waals surface area contributed by atoms with E-state index in [1.807, 2.05) is 7.05 Å². The molecule has 16 heavy (non-hydrogen) atoms. The van der Waals surface area contributed by atoms with Crippen molar-refractivity contribution in [3.05, 3.63) is 35.1 Å². The van der Waals surface area contributed by atoms with E-state index in [2.05, 4.69) is 17.2 Å². The van der Waals surface area contributed by atoms with E-state index >= 15 is 0 Å². The number of carboxylic acids is 1. The van der Waals surface area contributed by atoms with Gasteiger partial charge in [0.15, 0.2) is 0 Å². The number of rotatable bonds is 3. The molecule has 0 aliphatic heterocycles. The summed E-state index contributed by atoms with van der Waals surface area (Å²) in [5.41, 5.74) is 0.152. The molecule has 0 aromatic heterocycles. The lowest BCUT2D eigenvalue weighted by molar-refractivity contribution is 0.0696. The van der Waals surface area contributed by atoms with Crippen LogP contribution in [0.15, 0.2) is 18.2 Å². The highest BCUT2D eigenvalue weighted by Crippen LogP contribution is 2.09. The fraction of sp³-hybridized carbons (Fsp3) is 0.250. The van der Waals surface area contributed by atoms with Crippen LogP contribution in [-0.4, -0.2) is 24.7 Å². The Morgan fingerprint density at radius 3 is 2.88 bits per heavy atom. The number of carboxylic acid groups (broad SMARTS) is 1. The summed E-state index contributed by atoms with van der Waals surface area (Å²) in [6.45, 7) is 0.738. The molecule has 2 N–H and O–H groups in total. The third-order valence-corrected chi connectivity index (χ3v) is 1.94. The van der Waals surface area contributed by atoms with Gasteiger partial charge in [-0.2, -0.15) is 0 Å². The zero-order chi connectivity index (χ0) is 12.0. The number of benzene rings is 1. The number of hydrogen-bond acceptors (Lipinski definition) is 2. The van der Waals surface area contributed by atoms with Crippen LogP contribution in [0.3, 0.4) is 0 Å². The van der Waals surface area contributed by atoms with Crippen LogP contribution < -0.4 is 5.32 Å². The Morgan fingerprint density at radius 2 is 2.31 bits per heavy atom. The highest BCUT2D eigenvalue weighted by atomic mass is 19.1. The van der Waals surface area contributed by atoms with Crippen LogP contribution in [0.2, 0.25) is 0 Å². The van der Waals surface area contributed by atoms with Crippen molar-refractivity contribution in [2.24, 2.45) is 0 Å². The van der Waals surface area contributed by atoms with E-state index in [1.54, 1.807) is 0 Å². The van der Waals surface area contributed by atoms with Gasteiger partial charge in [-0.05, 0) is 25.2 Å². The molecule has 3 nitrogen and oxygen atoms in total. The largest absolute Gasteiger partial charge is 0.478 e. The van der Waals surface area contributed by atoms with Gasteiger partial charge in [0, 0.05) is 13.0 Å². The van der Waals surface area contributed by atoms with Gasteiger partial charge in [-0.25, -0.2) is 9.18 Å². The van der Waals surface area contributed by atoms with E-state index < -0.39 is 11.8 Å². The molecule has 4 heteroatoms. The van der Waals surface area contributed by atoms with Crippen molar-refractivity contribution in [2.45, 2.75) is 6.42 Å². The van der Waals surface area contributed by atoms with Crippen LogP contribution in [0.5, 0.6) is 0 Å². The molecule has 0 radical (unpaired) electrons. The fourth-order valence-corrected chi connectivity index (χ4v) is 1.09. The fourth-order valence-electron chi connectivity index (χ4n) is 1.09. The lowest BCUT2D eigenvalue weighted by atomic mass is 10.1. The van der Waals surface area contributed by atoms with Gasteiger partial charge in [0.25, 0.3) is 0 Å². The number of carbonyl (C=O) groups is 1.